The molecule has 1 unspecified atom stereocenters. The molecule has 18 heavy (non-hydrogen) atoms. The van der Waals surface area contributed by atoms with Gasteiger partial charge in [-0.3, -0.25) is 4.79 Å². The van der Waals surface area contributed by atoms with Gasteiger partial charge in [0.2, 0.25) is 0 Å². The van der Waals surface area contributed by atoms with Crippen LogP contribution in [0.4, 0.5) is 0 Å². The van der Waals surface area contributed by atoms with Gasteiger partial charge in [0.15, 0.2) is 0 Å². The van der Waals surface area contributed by atoms with E-state index in [1.54, 1.807) is 7.11 Å². The maximum Gasteiger partial charge on any atom is 0.306 e. The number of hydrogen-bond acceptors (Lipinski definition) is 2. The fourth-order valence-corrected chi connectivity index (χ4v) is 2.33. The molecule has 0 aliphatic rings. The largest absolute Gasteiger partial charge is 0.481 e. The van der Waals surface area contributed by atoms with E-state index < -0.39 is 5.97 Å². The van der Waals surface area contributed by atoms with Gasteiger partial charge in [0, 0.05) is 18.2 Å². The van der Waals surface area contributed by atoms with Crippen molar-refractivity contribution in [3.8, 4) is 0 Å². The fourth-order valence-electron chi connectivity index (χ4n) is 1.88. The highest BCUT2D eigenvalue weighted by atomic mass is 79.9. The first-order chi connectivity index (χ1) is 8.65. The number of halogens is 1. The number of hydrogen-bond donors (Lipinski definition) is 1. The summed E-state index contributed by atoms with van der Waals surface area (Å²) in [6, 6.07) is 7.78. The molecular formula is C14H19BrO3. The Morgan fingerprint density at radius 2 is 2.11 bits per heavy atom. The molecule has 0 fully saturated rings. The van der Waals surface area contributed by atoms with Crippen molar-refractivity contribution in [3.05, 3.63) is 34.3 Å². The lowest BCUT2D eigenvalue weighted by molar-refractivity contribution is -0.142. The molecule has 0 saturated heterocycles. The van der Waals surface area contributed by atoms with E-state index in [1.165, 1.54) is 0 Å². The Labute approximate surface area is 116 Å². The summed E-state index contributed by atoms with van der Waals surface area (Å²) < 4.78 is 5.95. The molecule has 0 aliphatic carbocycles. The third-order valence-corrected chi connectivity index (χ3v) is 3.70. The highest BCUT2D eigenvalue weighted by molar-refractivity contribution is 9.10. The lowest BCUT2D eigenvalue weighted by Gasteiger charge is -2.13. The smallest absolute Gasteiger partial charge is 0.306 e. The number of carboxylic acids is 1. The zero-order valence-electron chi connectivity index (χ0n) is 10.6. The molecule has 1 aromatic rings. The zero-order valence-corrected chi connectivity index (χ0v) is 12.1. The Morgan fingerprint density at radius 1 is 1.39 bits per heavy atom. The number of carbonyl (C=O) groups is 1. The van der Waals surface area contributed by atoms with Crippen LogP contribution in [0.15, 0.2) is 28.7 Å². The van der Waals surface area contributed by atoms with E-state index in [2.05, 4.69) is 15.9 Å². The van der Waals surface area contributed by atoms with E-state index in [-0.39, 0.29) is 5.92 Å². The summed E-state index contributed by atoms with van der Waals surface area (Å²) in [5.74, 6) is -1.04. The summed E-state index contributed by atoms with van der Waals surface area (Å²) in [6.07, 6.45) is 3.06. The molecule has 100 valence electrons. The molecule has 0 heterocycles. The number of rotatable bonds is 8. The van der Waals surface area contributed by atoms with Gasteiger partial charge in [0.25, 0.3) is 0 Å². The summed E-state index contributed by atoms with van der Waals surface area (Å²) in [6.45, 7) is 0.696. The lowest BCUT2D eigenvalue weighted by atomic mass is 9.94. The number of carboxylic acid groups (broad SMARTS) is 1. The van der Waals surface area contributed by atoms with Crippen molar-refractivity contribution in [1.82, 2.24) is 0 Å². The number of ether oxygens (including phenoxy) is 1. The van der Waals surface area contributed by atoms with Crippen LogP contribution >= 0.6 is 15.9 Å². The Morgan fingerprint density at radius 3 is 2.72 bits per heavy atom. The van der Waals surface area contributed by atoms with Gasteiger partial charge >= 0.3 is 5.97 Å². The number of unbranched alkanes of at least 4 members (excludes halogenated alkanes) is 1. The molecule has 1 N–H and O–H groups in total. The third-order valence-electron chi connectivity index (χ3n) is 2.92. The highest BCUT2D eigenvalue weighted by Crippen LogP contribution is 2.22. The van der Waals surface area contributed by atoms with Crippen LogP contribution in [0, 0.1) is 5.92 Å². The lowest BCUT2D eigenvalue weighted by Crippen LogP contribution is -2.17. The maximum absolute atomic E-state index is 11.2. The number of aliphatic carboxylic acids is 1. The van der Waals surface area contributed by atoms with Gasteiger partial charge in [-0.05, 0) is 30.9 Å². The van der Waals surface area contributed by atoms with E-state index in [1.807, 2.05) is 24.3 Å². The molecule has 0 aliphatic heterocycles. The first-order valence-corrected chi connectivity index (χ1v) is 6.89. The number of benzene rings is 1. The SMILES string of the molecule is COCCCCC(Cc1ccccc1Br)C(=O)O. The molecule has 0 bridgehead atoms. The predicted octanol–water partition coefficient (Wildman–Crippen LogP) is 3.51. The van der Waals surface area contributed by atoms with Crippen LogP contribution in [0.3, 0.4) is 0 Å². The molecule has 1 aromatic carbocycles. The Bertz CT molecular complexity index is 379. The molecule has 1 rings (SSSR count). The Hall–Kier alpha value is -0.870. The van der Waals surface area contributed by atoms with Gasteiger partial charge in [-0.1, -0.05) is 40.5 Å². The van der Waals surface area contributed by atoms with Crippen LogP contribution in [0.5, 0.6) is 0 Å². The summed E-state index contributed by atoms with van der Waals surface area (Å²) >= 11 is 3.45. The topological polar surface area (TPSA) is 46.5 Å². The van der Waals surface area contributed by atoms with Crippen molar-refractivity contribution in [2.75, 3.05) is 13.7 Å². The van der Waals surface area contributed by atoms with Gasteiger partial charge in [0.05, 0.1) is 5.92 Å². The van der Waals surface area contributed by atoms with Crippen molar-refractivity contribution >= 4 is 21.9 Å². The predicted molar refractivity (Wildman–Crippen MR) is 74.7 cm³/mol. The van der Waals surface area contributed by atoms with E-state index in [0.717, 1.165) is 22.9 Å². The van der Waals surface area contributed by atoms with E-state index in [4.69, 9.17) is 4.74 Å². The molecule has 1 atom stereocenters. The standard InChI is InChI=1S/C14H19BrO3/c1-18-9-5-4-7-12(14(16)17)10-11-6-2-3-8-13(11)15/h2-3,6,8,12H,4-5,7,9-10H2,1H3,(H,16,17). The van der Waals surface area contributed by atoms with Crippen LogP contribution in [-0.4, -0.2) is 24.8 Å². The van der Waals surface area contributed by atoms with Gasteiger partial charge in [-0.2, -0.15) is 0 Å². The third kappa shape index (κ3) is 5.19. The van der Waals surface area contributed by atoms with E-state index >= 15 is 0 Å². The minimum Gasteiger partial charge on any atom is -0.481 e. The quantitative estimate of drug-likeness (QED) is 0.747. The Kier molecular flexibility index (Phi) is 6.98. The minimum atomic E-state index is -0.719. The van der Waals surface area contributed by atoms with Crippen LogP contribution in [0.25, 0.3) is 0 Å². The molecule has 0 saturated carbocycles. The normalized spacial score (nSPS) is 12.3. The second-order valence-electron chi connectivity index (χ2n) is 4.32. The summed E-state index contributed by atoms with van der Waals surface area (Å²) in [7, 11) is 1.66. The molecule has 0 radical (unpaired) electrons. The van der Waals surface area contributed by atoms with E-state index in [9.17, 15) is 9.90 Å². The van der Waals surface area contributed by atoms with Crippen molar-refractivity contribution in [2.24, 2.45) is 5.92 Å². The first-order valence-electron chi connectivity index (χ1n) is 6.10. The molecule has 0 aromatic heterocycles. The number of methoxy groups -OCH3 is 1. The van der Waals surface area contributed by atoms with Crippen molar-refractivity contribution in [1.29, 1.82) is 0 Å². The second kappa shape index (κ2) is 8.27. The molecular weight excluding hydrogens is 296 g/mol. The van der Waals surface area contributed by atoms with Gasteiger partial charge < -0.3 is 9.84 Å². The zero-order chi connectivity index (χ0) is 13.4. The minimum absolute atomic E-state index is 0.319. The first kappa shape index (κ1) is 15.2. The van der Waals surface area contributed by atoms with Crippen molar-refractivity contribution in [2.45, 2.75) is 25.7 Å². The van der Waals surface area contributed by atoms with Gasteiger partial charge in [0.1, 0.15) is 0 Å². The molecule has 0 spiro atoms. The van der Waals surface area contributed by atoms with Crippen LogP contribution in [0.1, 0.15) is 24.8 Å². The maximum atomic E-state index is 11.2. The van der Waals surface area contributed by atoms with Gasteiger partial charge in [-0.25, -0.2) is 0 Å². The second-order valence-corrected chi connectivity index (χ2v) is 5.17. The van der Waals surface area contributed by atoms with Gasteiger partial charge in [-0.15, -0.1) is 0 Å². The van der Waals surface area contributed by atoms with Crippen LogP contribution < -0.4 is 0 Å². The highest BCUT2D eigenvalue weighted by Gasteiger charge is 2.18. The molecule has 0 amide bonds. The van der Waals surface area contributed by atoms with Crippen LogP contribution in [0.2, 0.25) is 0 Å². The van der Waals surface area contributed by atoms with Crippen LogP contribution in [-0.2, 0) is 16.0 Å². The monoisotopic (exact) mass is 314 g/mol. The molecule has 3 nitrogen and oxygen atoms in total. The summed E-state index contributed by atoms with van der Waals surface area (Å²) in [4.78, 5) is 11.2. The average molecular weight is 315 g/mol. The molecule has 4 heteroatoms. The average Bonchev–Trinajstić information content (AvgIpc) is 2.35. The van der Waals surface area contributed by atoms with Crippen molar-refractivity contribution in [3.63, 3.8) is 0 Å². The van der Waals surface area contributed by atoms with Crippen molar-refractivity contribution < 1.29 is 14.6 Å². The summed E-state index contributed by atoms with van der Waals surface area (Å²) in [5.41, 5.74) is 1.05. The summed E-state index contributed by atoms with van der Waals surface area (Å²) in [5, 5.41) is 9.24. The van der Waals surface area contributed by atoms with E-state index in [0.29, 0.717) is 19.4 Å². The Balaban J connectivity index is 2.53. The fraction of sp³-hybridized carbons (Fsp3) is 0.500.